The molecule has 0 aliphatic rings. The zero-order chi connectivity index (χ0) is 17.7. The van der Waals surface area contributed by atoms with Crippen molar-refractivity contribution >= 4 is 16.9 Å². The Balaban J connectivity index is 2.43. The second-order valence-corrected chi connectivity index (χ2v) is 5.48. The highest BCUT2D eigenvalue weighted by molar-refractivity contribution is 5.94. The van der Waals surface area contributed by atoms with Crippen LogP contribution >= 0.6 is 0 Å². The minimum absolute atomic E-state index is 0.117. The molecule has 1 aromatic heterocycles. The van der Waals surface area contributed by atoms with Crippen LogP contribution in [0.3, 0.4) is 0 Å². The van der Waals surface area contributed by atoms with Gasteiger partial charge in [0.2, 0.25) is 0 Å². The average Bonchev–Trinajstić information content (AvgIpc) is 2.60. The molecule has 1 heterocycles. The molecule has 24 heavy (non-hydrogen) atoms. The summed E-state index contributed by atoms with van der Waals surface area (Å²) in [4.78, 5) is 28.9. The number of amides is 1. The number of hydrogen-bond donors (Lipinski definition) is 1. The van der Waals surface area contributed by atoms with Crippen LogP contribution in [-0.4, -0.2) is 36.2 Å². The van der Waals surface area contributed by atoms with E-state index >= 15 is 0 Å². The molecule has 0 saturated heterocycles. The van der Waals surface area contributed by atoms with Gasteiger partial charge in [-0.05, 0) is 6.42 Å². The minimum atomic E-state index is -0.455. The Hall–Kier alpha value is -2.57. The summed E-state index contributed by atoms with van der Waals surface area (Å²) < 4.78 is 11.9. The van der Waals surface area contributed by atoms with E-state index in [0.29, 0.717) is 29.1 Å². The van der Waals surface area contributed by atoms with Gasteiger partial charge in [-0.2, -0.15) is 0 Å². The number of unbranched alkanes of at least 4 members (excludes halogenated alkanes) is 2. The van der Waals surface area contributed by atoms with Crippen LogP contribution in [0.1, 0.15) is 36.7 Å². The molecule has 0 bridgehead atoms. The standard InChI is InChI=1S/C17H23N3O4/c1-5-6-7-8-18-16(21)15-17(22)20(2)12-10-14(24-4)13(23-3)9-11(12)19-15/h9-10H,5-8H2,1-4H3,(H,18,21). The van der Waals surface area contributed by atoms with Crippen molar-refractivity contribution in [1.82, 2.24) is 14.9 Å². The molecule has 0 aliphatic carbocycles. The molecule has 130 valence electrons. The van der Waals surface area contributed by atoms with E-state index < -0.39 is 11.5 Å². The summed E-state index contributed by atoms with van der Waals surface area (Å²) in [7, 11) is 4.65. The molecule has 0 fully saturated rings. The van der Waals surface area contributed by atoms with Gasteiger partial charge in [-0.25, -0.2) is 4.98 Å². The van der Waals surface area contributed by atoms with Crippen molar-refractivity contribution in [1.29, 1.82) is 0 Å². The normalized spacial score (nSPS) is 10.7. The highest BCUT2D eigenvalue weighted by Crippen LogP contribution is 2.30. The summed E-state index contributed by atoms with van der Waals surface area (Å²) in [5.74, 6) is 0.535. The lowest BCUT2D eigenvalue weighted by atomic mass is 10.2. The molecule has 1 N–H and O–H groups in total. The van der Waals surface area contributed by atoms with Crippen LogP contribution in [0.5, 0.6) is 11.5 Å². The van der Waals surface area contributed by atoms with Crippen LogP contribution in [0.25, 0.3) is 11.0 Å². The maximum atomic E-state index is 12.4. The SMILES string of the molecule is CCCCCNC(=O)c1nc2cc(OC)c(OC)cc2n(C)c1=O. The quantitative estimate of drug-likeness (QED) is 0.782. The maximum absolute atomic E-state index is 12.4. The number of hydrogen-bond acceptors (Lipinski definition) is 5. The number of carbonyl (C=O) groups is 1. The van der Waals surface area contributed by atoms with Crippen LogP contribution in [0.2, 0.25) is 0 Å². The number of fused-ring (bicyclic) bond motifs is 1. The molecule has 7 heteroatoms. The zero-order valence-corrected chi connectivity index (χ0v) is 14.5. The monoisotopic (exact) mass is 333 g/mol. The molecule has 0 radical (unpaired) electrons. The van der Waals surface area contributed by atoms with Crippen molar-refractivity contribution in [3.8, 4) is 11.5 Å². The third-order valence-corrected chi connectivity index (χ3v) is 3.86. The second kappa shape index (κ2) is 7.81. The third-order valence-electron chi connectivity index (χ3n) is 3.86. The van der Waals surface area contributed by atoms with E-state index in [-0.39, 0.29) is 5.69 Å². The highest BCUT2D eigenvalue weighted by Gasteiger charge is 2.17. The fourth-order valence-corrected chi connectivity index (χ4v) is 2.46. The van der Waals surface area contributed by atoms with E-state index in [1.54, 1.807) is 19.2 Å². The van der Waals surface area contributed by atoms with Crippen LogP contribution in [-0.2, 0) is 7.05 Å². The van der Waals surface area contributed by atoms with Gasteiger partial charge < -0.3 is 19.4 Å². The number of nitrogens with one attached hydrogen (secondary N) is 1. The maximum Gasteiger partial charge on any atom is 0.282 e. The van der Waals surface area contributed by atoms with E-state index in [0.717, 1.165) is 19.3 Å². The number of methoxy groups -OCH3 is 2. The topological polar surface area (TPSA) is 82.4 Å². The van der Waals surface area contributed by atoms with Gasteiger partial charge in [-0.3, -0.25) is 9.59 Å². The minimum Gasteiger partial charge on any atom is -0.493 e. The number of carbonyl (C=O) groups excluding carboxylic acids is 1. The molecule has 0 atom stereocenters. The largest absolute Gasteiger partial charge is 0.493 e. The number of aryl methyl sites for hydroxylation is 1. The zero-order valence-electron chi connectivity index (χ0n) is 14.5. The van der Waals surface area contributed by atoms with Crippen molar-refractivity contribution in [2.75, 3.05) is 20.8 Å². The van der Waals surface area contributed by atoms with Crippen LogP contribution in [0.4, 0.5) is 0 Å². The first-order valence-corrected chi connectivity index (χ1v) is 7.94. The van der Waals surface area contributed by atoms with Gasteiger partial charge in [-0.15, -0.1) is 0 Å². The first-order chi connectivity index (χ1) is 11.5. The summed E-state index contributed by atoms with van der Waals surface area (Å²) >= 11 is 0. The van der Waals surface area contributed by atoms with Gasteiger partial charge in [0.05, 0.1) is 25.3 Å². The Morgan fingerprint density at radius 1 is 1.21 bits per heavy atom. The Kier molecular flexibility index (Phi) is 5.78. The van der Waals surface area contributed by atoms with E-state index in [1.165, 1.54) is 18.8 Å². The van der Waals surface area contributed by atoms with Crippen molar-refractivity contribution in [3.05, 3.63) is 28.2 Å². The van der Waals surface area contributed by atoms with Crippen LogP contribution < -0.4 is 20.3 Å². The molecule has 1 aromatic carbocycles. The summed E-state index contributed by atoms with van der Waals surface area (Å²) in [6, 6.07) is 3.33. The van der Waals surface area contributed by atoms with Gasteiger partial charge in [0, 0.05) is 25.7 Å². The van der Waals surface area contributed by atoms with Crippen molar-refractivity contribution < 1.29 is 14.3 Å². The second-order valence-electron chi connectivity index (χ2n) is 5.48. The third kappa shape index (κ3) is 3.50. The number of nitrogens with zero attached hydrogens (tertiary/aromatic N) is 2. The molecule has 2 aromatic rings. The molecule has 2 rings (SSSR count). The summed E-state index contributed by atoms with van der Waals surface area (Å²) in [6.45, 7) is 2.62. The Morgan fingerprint density at radius 2 is 1.88 bits per heavy atom. The predicted molar refractivity (Wildman–Crippen MR) is 91.9 cm³/mol. The van der Waals surface area contributed by atoms with E-state index in [4.69, 9.17) is 9.47 Å². The van der Waals surface area contributed by atoms with Crippen LogP contribution in [0, 0.1) is 0 Å². The first kappa shape index (κ1) is 17.8. The predicted octanol–water partition coefficient (Wildman–Crippen LogP) is 1.87. The number of ether oxygens (including phenoxy) is 2. The number of benzene rings is 1. The molecule has 0 aliphatic heterocycles. The molecule has 7 nitrogen and oxygen atoms in total. The fourth-order valence-electron chi connectivity index (χ4n) is 2.46. The summed E-state index contributed by atoms with van der Waals surface area (Å²) in [6.07, 6.45) is 2.97. The van der Waals surface area contributed by atoms with Gasteiger partial charge in [0.25, 0.3) is 11.5 Å². The highest BCUT2D eigenvalue weighted by atomic mass is 16.5. The Labute approximate surface area is 140 Å². The summed E-state index contributed by atoms with van der Waals surface area (Å²) in [5, 5.41) is 2.75. The lowest BCUT2D eigenvalue weighted by Crippen LogP contribution is -2.34. The smallest absolute Gasteiger partial charge is 0.282 e. The van der Waals surface area contributed by atoms with Gasteiger partial charge in [0.1, 0.15) is 0 Å². The van der Waals surface area contributed by atoms with Crippen molar-refractivity contribution in [2.24, 2.45) is 7.05 Å². The van der Waals surface area contributed by atoms with E-state index in [9.17, 15) is 9.59 Å². The fraction of sp³-hybridized carbons (Fsp3) is 0.471. The molecule has 1 amide bonds. The lowest BCUT2D eigenvalue weighted by molar-refractivity contribution is 0.0946. The van der Waals surface area contributed by atoms with Crippen LogP contribution in [0.15, 0.2) is 16.9 Å². The van der Waals surface area contributed by atoms with Crippen molar-refractivity contribution in [3.63, 3.8) is 0 Å². The van der Waals surface area contributed by atoms with Gasteiger partial charge >= 0.3 is 0 Å². The first-order valence-electron chi connectivity index (χ1n) is 7.94. The summed E-state index contributed by atoms with van der Waals surface area (Å²) in [5.41, 5.74) is 0.505. The molecule has 0 saturated carbocycles. The Morgan fingerprint density at radius 3 is 2.50 bits per heavy atom. The average molecular weight is 333 g/mol. The number of aromatic nitrogens is 2. The molecule has 0 unspecified atom stereocenters. The van der Waals surface area contributed by atoms with E-state index in [1.807, 2.05) is 0 Å². The number of rotatable bonds is 7. The Bertz CT molecular complexity index is 799. The van der Waals surface area contributed by atoms with Crippen molar-refractivity contribution in [2.45, 2.75) is 26.2 Å². The van der Waals surface area contributed by atoms with Gasteiger partial charge in [-0.1, -0.05) is 19.8 Å². The molecular formula is C17H23N3O4. The molecular weight excluding hydrogens is 310 g/mol. The van der Waals surface area contributed by atoms with Gasteiger partial charge in [0.15, 0.2) is 17.2 Å². The van der Waals surface area contributed by atoms with E-state index in [2.05, 4.69) is 17.2 Å². The molecule has 0 spiro atoms. The lowest BCUT2D eigenvalue weighted by Gasteiger charge is -2.12.